The van der Waals surface area contributed by atoms with E-state index in [9.17, 15) is 24.6 Å². The fourth-order valence-corrected chi connectivity index (χ4v) is 3.92. The molecule has 32 heavy (non-hydrogen) atoms. The minimum atomic E-state index is -1.32. The highest BCUT2D eigenvalue weighted by Crippen LogP contribution is 2.30. The molecule has 0 radical (unpaired) electrons. The van der Waals surface area contributed by atoms with Crippen molar-refractivity contribution >= 4 is 17.5 Å². The summed E-state index contributed by atoms with van der Waals surface area (Å²) in [6, 6.07) is 0. The summed E-state index contributed by atoms with van der Waals surface area (Å²) in [5, 5.41) is 20.0. The van der Waals surface area contributed by atoms with Crippen molar-refractivity contribution in [1.29, 1.82) is 0 Å². The van der Waals surface area contributed by atoms with Crippen LogP contribution in [0.4, 0.5) is 0 Å². The maximum Gasteiger partial charge on any atom is 0.333 e. The second-order valence-electron chi connectivity index (χ2n) is 9.38. The van der Waals surface area contributed by atoms with Gasteiger partial charge in [0, 0.05) is 29.9 Å². The molecule has 2 heterocycles. The first kappa shape index (κ1) is 26.2. The van der Waals surface area contributed by atoms with Crippen LogP contribution in [0.3, 0.4) is 0 Å². The summed E-state index contributed by atoms with van der Waals surface area (Å²) in [5.41, 5.74) is 1.79. The molecular weight excluding hydrogens is 412 g/mol. The molecule has 0 fully saturated rings. The number of allylic oxidation sites excluding steroid dienone is 2. The van der Waals surface area contributed by atoms with Crippen molar-refractivity contribution in [3.05, 3.63) is 34.9 Å². The molecular formula is C25H36O7. The molecule has 2 rings (SSSR count). The molecule has 0 aromatic carbocycles. The van der Waals surface area contributed by atoms with Gasteiger partial charge in [-0.2, -0.15) is 0 Å². The van der Waals surface area contributed by atoms with Crippen LogP contribution >= 0.6 is 0 Å². The zero-order valence-corrected chi connectivity index (χ0v) is 19.6. The third-order valence-electron chi connectivity index (χ3n) is 6.13. The van der Waals surface area contributed by atoms with E-state index in [1.54, 1.807) is 6.92 Å². The van der Waals surface area contributed by atoms with Crippen molar-refractivity contribution < 1.29 is 34.1 Å². The molecule has 2 N–H and O–H groups in total. The number of rotatable bonds is 12. The first-order valence-corrected chi connectivity index (χ1v) is 11.3. The molecule has 0 aromatic heterocycles. The first-order chi connectivity index (χ1) is 15.0. The molecule has 0 saturated carbocycles. The lowest BCUT2D eigenvalue weighted by Gasteiger charge is -2.28. The monoisotopic (exact) mass is 448 g/mol. The summed E-state index contributed by atoms with van der Waals surface area (Å²) in [7, 11) is 0. The van der Waals surface area contributed by atoms with Gasteiger partial charge in [-0.05, 0) is 57.9 Å². The van der Waals surface area contributed by atoms with E-state index in [0.717, 1.165) is 24.0 Å². The average molecular weight is 449 g/mol. The first-order valence-electron chi connectivity index (χ1n) is 11.3. The van der Waals surface area contributed by atoms with Gasteiger partial charge in [-0.3, -0.25) is 4.79 Å². The second kappa shape index (κ2) is 11.7. The van der Waals surface area contributed by atoms with E-state index in [-0.39, 0.29) is 11.6 Å². The number of hydrogen-bond acceptors (Lipinski definition) is 7. The third kappa shape index (κ3) is 7.80. The number of aliphatic hydroxyl groups excluding tert-OH is 2. The van der Waals surface area contributed by atoms with Crippen LogP contribution in [0, 0.1) is 5.41 Å². The predicted molar refractivity (Wildman–Crippen MR) is 119 cm³/mol. The molecule has 0 saturated heterocycles. The van der Waals surface area contributed by atoms with Gasteiger partial charge in [0.2, 0.25) is 6.29 Å². The van der Waals surface area contributed by atoms with Gasteiger partial charge in [-0.15, -0.1) is 0 Å². The molecule has 0 aliphatic carbocycles. The number of hydrogen-bond donors (Lipinski definition) is 2. The number of cyclic esters (lactones) is 1. The number of carbonyl (C=O) groups excluding carboxylic acids is 3. The quantitative estimate of drug-likeness (QED) is 0.346. The molecule has 178 valence electrons. The van der Waals surface area contributed by atoms with Gasteiger partial charge in [0.05, 0.1) is 6.10 Å². The van der Waals surface area contributed by atoms with E-state index >= 15 is 0 Å². The van der Waals surface area contributed by atoms with Gasteiger partial charge in [-0.1, -0.05) is 31.6 Å². The summed E-state index contributed by atoms with van der Waals surface area (Å²) in [6.45, 7) is 7.46. The normalized spacial score (nSPS) is 24.1. The van der Waals surface area contributed by atoms with Gasteiger partial charge >= 0.3 is 5.97 Å². The zero-order valence-electron chi connectivity index (χ0n) is 19.6. The van der Waals surface area contributed by atoms with E-state index < -0.39 is 30.1 Å². The predicted octanol–water partition coefficient (Wildman–Crippen LogP) is 3.68. The Bertz CT molecular complexity index is 803. The Morgan fingerprint density at radius 3 is 2.47 bits per heavy atom. The fraction of sp³-hybridized carbons (Fsp3) is 0.640. The second-order valence-corrected chi connectivity index (χ2v) is 9.38. The van der Waals surface area contributed by atoms with Crippen molar-refractivity contribution in [2.45, 2.75) is 97.7 Å². The molecule has 3 atom stereocenters. The number of Topliss-reactive ketones (excluding diaryl/α,β-unsaturated/α-hetero) is 2. The summed E-state index contributed by atoms with van der Waals surface area (Å²) in [6.07, 6.45) is 7.09. The van der Waals surface area contributed by atoms with Crippen LogP contribution in [-0.2, 0) is 23.9 Å². The lowest BCUT2D eigenvalue weighted by atomic mass is 9.80. The topological polar surface area (TPSA) is 110 Å². The Labute approximate surface area is 190 Å². The standard InChI is InChI=1S/C25H36O7/c1-16(10-13-21(27)25(3,4)14-6-8-17(2)26)7-5-9-18-11-12-20(31-23(18)29)19-15-22(28)32-24(19)30/h7,11,15,20,23-24,29-30H,5-6,8-10,12-14H2,1-4H3/b16-7+. The number of ether oxygens (including phenoxy) is 2. The average Bonchev–Trinajstić information content (AvgIpc) is 3.04. The van der Waals surface area contributed by atoms with Crippen molar-refractivity contribution in [3.63, 3.8) is 0 Å². The third-order valence-corrected chi connectivity index (χ3v) is 6.13. The summed E-state index contributed by atoms with van der Waals surface area (Å²) >= 11 is 0. The number of aliphatic hydroxyl groups is 2. The van der Waals surface area contributed by atoms with Gasteiger partial charge in [-0.25, -0.2) is 4.79 Å². The minimum absolute atomic E-state index is 0.156. The largest absolute Gasteiger partial charge is 0.429 e. The van der Waals surface area contributed by atoms with Crippen molar-refractivity contribution in [2.75, 3.05) is 0 Å². The van der Waals surface area contributed by atoms with Crippen LogP contribution in [0.2, 0.25) is 0 Å². The van der Waals surface area contributed by atoms with Gasteiger partial charge in [0.1, 0.15) is 11.6 Å². The van der Waals surface area contributed by atoms with Crippen LogP contribution in [-0.4, -0.2) is 46.4 Å². The Hall–Kier alpha value is -2.09. The van der Waals surface area contributed by atoms with E-state index in [4.69, 9.17) is 4.74 Å². The lowest BCUT2D eigenvalue weighted by Crippen LogP contribution is -2.32. The van der Waals surface area contributed by atoms with Crippen molar-refractivity contribution in [3.8, 4) is 0 Å². The van der Waals surface area contributed by atoms with Crippen LogP contribution in [0.15, 0.2) is 34.9 Å². The highest BCUT2D eigenvalue weighted by molar-refractivity contribution is 5.86. The maximum absolute atomic E-state index is 12.6. The molecule has 7 heteroatoms. The van der Waals surface area contributed by atoms with E-state index in [2.05, 4.69) is 10.8 Å². The summed E-state index contributed by atoms with van der Waals surface area (Å²) < 4.78 is 10.2. The molecule has 7 nitrogen and oxygen atoms in total. The van der Waals surface area contributed by atoms with Crippen LogP contribution < -0.4 is 0 Å². The summed E-state index contributed by atoms with van der Waals surface area (Å²) in [4.78, 5) is 34.9. The minimum Gasteiger partial charge on any atom is -0.429 e. The van der Waals surface area contributed by atoms with Gasteiger partial charge in [0.25, 0.3) is 0 Å². The highest BCUT2D eigenvalue weighted by atomic mass is 16.6. The summed E-state index contributed by atoms with van der Waals surface area (Å²) in [5.74, 6) is -0.244. The van der Waals surface area contributed by atoms with Crippen LogP contribution in [0.1, 0.15) is 79.1 Å². The Morgan fingerprint density at radius 2 is 1.88 bits per heavy atom. The van der Waals surface area contributed by atoms with Crippen molar-refractivity contribution in [2.24, 2.45) is 5.41 Å². The Morgan fingerprint density at radius 1 is 1.16 bits per heavy atom. The van der Waals surface area contributed by atoms with Crippen molar-refractivity contribution in [1.82, 2.24) is 0 Å². The molecule has 2 aliphatic rings. The number of esters is 1. The maximum atomic E-state index is 12.6. The van der Waals surface area contributed by atoms with Gasteiger partial charge < -0.3 is 24.5 Å². The van der Waals surface area contributed by atoms with Crippen LogP contribution in [0.25, 0.3) is 0 Å². The fourth-order valence-electron chi connectivity index (χ4n) is 3.92. The molecule has 0 bridgehead atoms. The molecule has 0 amide bonds. The molecule has 2 aliphatic heterocycles. The molecule has 0 aromatic rings. The zero-order chi connectivity index (χ0) is 23.9. The van der Waals surface area contributed by atoms with E-state index in [1.165, 1.54) is 6.08 Å². The lowest BCUT2D eigenvalue weighted by molar-refractivity contribution is -0.155. The Kier molecular flexibility index (Phi) is 9.55. The van der Waals surface area contributed by atoms with E-state index in [1.807, 2.05) is 26.8 Å². The number of carbonyl (C=O) groups is 3. The van der Waals surface area contributed by atoms with Crippen LogP contribution in [0.5, 0.6) is 0 Å². The highest BCUT2D eigenvalue weighted by Gasteiger charge is 2.34. The SMILES string of the molecule is CC(=O)CCCC(C)(C)C(=O)CC/C(C)=C/CCC1=CCC(C2=CC(=O)OC2O)OC1O. The molecule has 0 spiro atoms. The number of ketones is 2. The van der Waals surface area contributed by atoms with E-state index in [0.29, 0.717) is 44.1 Å². The van der Waals surface area contributed by atoms with Gasteiger partial charge in [0.15, 0.2) is 6.29 Å². The smallest absolute Gasteiger partial charge is 0.333 e. The molecule has 3 unspecified atom stereocenters. The Balaban J connectivity index is 1.76.